The van der Waals surface area contributed by atoms with Crippen molar-refractivity contribution in [1.29, 1.82) is 0 Å². The summed E-state index contributed by atoms with van der Waals surface area (Å²) in [5.41, 5.74) is 0.768. The minimum Gasteiger partial charge on any atom is -0.478 e. The molecule has 0 heterocycles. The Hall–Kier alpha value is -2.62. The maximum atomic E-state index is 11.1. The van der Waals surface area contributed by atoms with Crippen molar-refractivity contribution in [3.8, 4) is 11.5 Å². The monoisotopic (exact) mass is 256 g/mol. The molecular weight excluding hydrogens is 244 g/mol. The van der Waals surface area contributed by atoms with Crippen molar-refractivity contribution < 1.29 is 19.4 Å². The van der Waals surface area contributed by atoms with Crippen molar-refractivity contribution in [3.63, 3.8) is 0 Å². The molecule has 2 aromatic rings. The van der Waals surface area contributed by atoms with Gasteiger partial charge in [0.15, 0.2) is 5.78 Å². The Morgan fingerprint density at radius 1 is 0.947 bits per heavy atom. The van der Waals surface area contributed by atoms with Crippen LogP contribution in [0, 0.1) is 0 Å². The largest absolute Gasteiger partial charge is 0.478 e. The predicted octanol–water partition coefficient (Wildman–Crippen LogP) is 3.38. The van der Waals surface area contributed by atoms with Gasteiger partial charge in [-0.15, -0.1) is 0 Å². The van der Waals surface area contributed by atoms with Gasteiger partial charge in [0.2, 0.25) is 0 Å². The lowest BCUT2D eigenvalue weighted by Crippen LogP contribution is -1.96. The van der Waals surface area contributed by atoms with Gasteiger partial charge >= 0.3 is 5.97 Å². The van der Waals surface area contributed by atoms with Gasteiger partial charge in [-0.1, -0.05) is 6.07 Å². The summed E-state index contributed by atoms with van der Waals surface area (Å²) in [4.78, 5) is 22.0. The molecule has 4 nitrogen and oxygen atoms in total. The lowest BCUT2D eigenvalue weighted by atomic mass is 10.1. The number of ether oxygens (including phenoxy) is 1. The first-order valence-electron chi connectivity index (χ1n) is 5.68. The first-order valence-corrected chi connectivity index (χ1v) is 5.68. The molecule has 0 aliphatic heterocycles. The van der Waals surface area contributed by atoms with Crippen molar-refractivity contribution >= 4 is 11.8 Å². The van der Waals surface area contributed by atoms with Crippen molar-refractivity contribution in [1.82, 2.24) is 0 Å². The van der Waals surface area contributed by atoms with E-state index in [9.17, 15) is 9.59 Å². The second-order valence-corrected chi connectivity index (χ2v) is 4.02. The summed E-state index contributed by atoms with van der Waals surface area (Å²) in [6, 6.07) is 12.9. The quantitative estimate of drug-likeness (QED) is 0.852. The van der Waals surface area contributed by atoms with E-state index in [2.05, 4.69) is 0 Å². The number of carboxylic acids is 1. The second kappa shape index (κ2) is 5.35. The number of ketones is 1. The normalized spacial score (nSPS) is 9.95. The molecule has 0 aromatic heterocycles. The molecule has 0 aliphatic carbocycles. The number of Topliss-reactive ketones (excluding diaryl/α,β-unsaturated/α-hetero) is 1. The summed E-state index contributed by atoms with van der Waals surface area (Å²) < 4.78 is 5.53. The van der Waals surface area contributed by atoms with Gasteiger partial charge in [-0.2, -0.15) is 0 Å². The van der Waals surface area contributed by atoms with E-state index in [1.165, 1.54) is 19.1 Å². The van der Waals surface area contributed by atoms with Gasteiger partial charge in [0.25, 0.3) is 0 Å². The Bertz CT molecular complexity index is 614. The molecule has 1 N–H and O–H groups in total. The fraction of sp³-hybridized carbons (Fsp3) is 0.0667. The zero-order valence-corrected chi connectivity index (χ0v) is 10.3. The molecule has 0 unspecified atom stereocenters. The zero-order chi connectivity index (χ0) is 13.8. The Morgan fingerprint density at radius 3 is 2.21 bits per heavy atom. The summed E-state index contributed by atoms with van der Waals surface area (Å²) >= 11 is 0. The standard InChI is InChI=1S/C15H12O4/c1-10(16)11-5-7-13(8-6-11)19-14-4-2-3-12(9-14)15(17)18/h2-9H,1H3,(H,17,18). The first-order chi connectivity index (χ1) is 9.06. The summed E-state index contributed by atoms with van der Waals surface area (Å²) in [6.45, 7) is 1.49. The first kappa shape index (κ1) is 12.8. The molecule has 19 heavy (non-hydrogen) atoms. The number of carbonyl (C=O) groups excluding carboxylic acids is 1. The molecule has 4 heteroatoms. The molecule has 2 rings (SSSR count). The average Bonchev–Trinajstić information content (AvgIpc) is 2.39. The highest BCUT2D eigenvalue weighted by molar-refractivity contribution is 5.94. The van der Waals surface area contributed by atoms with Crippen LogP contribution in [0.15, 0.2) is 48.5 Å². The highest BCUT2D eigenvalue weighted by Crippen LogP contribution is 2.22. The average molecular weight is 256 g/mol. The van der Waals surface area contributed by atoms with E-state index in [1.807, 2.05) is 0 Å². The molecule has 0 saturated heterocycles. The van der Waals surface area contributed by atoms with Crippen LogP contribution < -0.4 is 4.74 Å². The highest BCUT2D eigenvalue weighted by Gasteiger charge is 2.05. The molecule has 0 atom stereocenters. The third kappa shape index (κ3) is 3.19. The fourth-order valence-corrected chi connectivity index (χ4v) is 1.59. The lowest BCUT2D eigenvalue weighted by Gasteiger charge is -2.06. The number of carboxylic acid groups (broad SMARTS) is 1. The van der Waals surface area contributed by atoms with Crippen molar-refractivity contribution in [3.05, 3.63) is 59.7 Å². The van der Waals surface area contributed by atoms with Gasteiger partial charge < -0.3 is 9.84 Å². The topological polar surface area (TPSA) is 63.6 Å². The third-order valence-electron chi connectivity index (χ3n) is 2.58. The molecule has 0 spiro atoms. The fourth-order valence-electron chi connectivity index (χ4n) is 1.59. The van der Waals surface area contributed by atoms with Gasteiger partial charge in [0, 0.05) is 5.56 Å². The summed E-state index contributed by atoms with van der Waals surface area (Å²) in [7, 11) is 0. The summed E-state index contributed by atoms with van der Waals surface area (Å²) in [6.07, 6.45) is 0. The van der Waals surface area contributed by atoms with Crippen LogP contribution in [-0.2, 0) is 0 Å². The van der Waals surface area contributed by atoms with Gasteiger partial charge in [0.1, 0.15) is 11.5 Å². The van der Waals surface area contributed by atoms with E-state index in [0.29, 0.717) is 17.1 Å². The maximum Gasteiger partial charge on any atom is 0.335 e. The minimum atomic E-state index is -1.00. The van der Waals surface area contributed by atoms with E-state index in [-0.39, 0.29) is 11.3 Å². The number of rotatable bonds is 4. The van der Waals surface area contributed by atoms with Crippen molar-refractivity contribution in [2.45, 2.75) is 6.92 Å². The smallest absolute Gasteiger partial charge is 0.335 e. The van der Waals surface area contributed by atoms with Crippen LogP contribution in [0.3, 0.4) is 0 Å². The molecule has 0 aliphatic rings. The summed E-state index contributed by atoms with van der Waals surface area (Å²) in [5, 5.41) is 8.88. The Labute approximate surface area is 110 Å². The lowest BCUT2D eigenvalue weighted by molar-refractivity contribution is 0.0696. The van der Waals surface area contributed by atoms with Crippen LogP contribution in [0.2, 0.25) is 0 Å². The zero-order valence-electron chi connectivity index (χ0n) is 10.3. The Balaban J connectivity index is 2.19. The second-order valence-electron chi connectivity index (χ2n) is 4.02. The van der Waals surface area contributed by atoms with Crippen LogP contribution in [0.5, 0.6) is 11.5 Å². The van der Waals surface area contributed by atoms with Crippen LogP contribution >= 0.6 is 0 Å². The van der Waals surface area contributed by atoms with E-state index in [0.717, 1.165) is 0 Å². The van der Waals surface area contributed by atoms with E-state index in [4.69, 9.17) is 9.84 Å². The number of hydrogen-bond donors (Lipinski definition) is 1. The van der Waals surface area contributed by atoms with E-state index < -0.39 is 5.97 Å². The number of aromatic carboxylic acids is 1. The van der Waals surface area contributed by atoms with Crippen LogP contribution in [-0.4, -0.2) is 16.9 Å². The van der Waals surface area contributed by atoms with Gasteiger partial charge in [-0.3, -0.25) is 4.79 Å². The third-order valence-corrected chi connectivity index (χ3v) is 2.58. The van der Waals surface area contributed by atoms with Crippen LogP contribution in [0.1, 0.15) is 27.6 Å². The Morgan fingerprint density at radius 2 is 1.63 bits per heavy atom. The molecule has 0 fully saturated rings. The molecule has 96 valence electrons. The molecule has 2 aromatic carbocycles. The molecule has 0 radical (unpaired) electrons. The predicted molar refractivity (Wildman–Crippen MR) is 69.9 cm³/mol. The van der Waals surface area contributed by atoms with Crippen LogP contribution in [0.25, 0.3) is 0 Å². The highest BCUT2D eigenvalue weighted by atomic mass is 16.5. The molecule has 0 bridgehead atoms. The number of benzene rings is 2. The molecular formula is C15H12O4. The van der Waals surface area contributed by atoms with Gasteiger partial charge in [0.05, 0.1) is 5.56 Å². The van der Waals surface area contributed by atoms with Gasteiger partial charge in [-0.05, 0) is 49.4 Å². The van der Waals surface area contributed by atoms with E-state index >= 15 is 0 Å². The maximum absolute atomic E-state index is 11.1. The molecule has 0 amide bonds. The molecule has 0 saturated carbocycles. The SMILES string of the molecule is CC(=O)c1ccc(Oc2cccc(C(=O)O)c2)cc1. The number of carbonyl (C=O) groups is 2. The van der Waals surface area contributed by atoms with Crippen molar-refractivity contribution in [2.75, 3.05) is 0 Å². The Kier molecular flexibility index (Phi) is 3.61. The van der Waals surface area contributed by atoms with Crippen LogP contribution in [0.4, 0.5) is 0 Å². The summed E-state index contributed by atoms with van der Waals surface area (Å²) in [5.74, 6) is -0.0279. The van der Waals surface area contributed by atoms with Crippen molar-refractivity contribution in [2.24, 2.45) is 0 Å². The van der Waals surface area contributed by atoms with Gasteiger partial charge in [-0.25, -0.2) is 4.79 Å². The number of hydrogen-bond acceptors (Lipinski definition) is 3. The van der Waals surface area contributed by atoms with E-state index in [1.54, 1.807) is 36.4 Å². The minimum absolute atomic E-state index is 0.0144.